The lowest BCUT2D eigenvalue weighted by atomic mass is 10.2. The largest absolute Gasteiger partial charge is 0.452 e. The summed E-state index contributed by atoms with van der Waals surface area (Å²) in [6, 6.07) is 3.83. The Hall–Kier alpha value is -1.64. The van der Waals surface area contributed by atoms with Gasteiger partial charge in [-0.15, -0.1) is 0 Å². The van der Waals surface area contributed by atoms with E-state index in [2.05, 4.69) is 10.0 Å². The molecule has 9 heteroatoms. The first-order valence-electron chi connectivity index (χ1n) is 6.53. The molecule has 0 heterocycles. The van der Waals surface area contributed by atoms with Gasteiger partial charge in [-0.25, -0.2) is 17.9 Å². The van der Waals surface area contributed by atoms with Gasteiger partial charge >= 0.3 is 5.97 Å². The van der Waals surface area contributed by atoms with Crippen molar-refractivity contribution < 1.29 is 22.7 Å². The summed E-state index contributed by atoms with van der Waals surface area (Å²) in [6.45, 7) is -0.436. The summed E-state index contributed by atoms with van der Waals surface area (Å²) in [7, 11) is -2.45. The summed E-state index contributed by atoms with van der Waals surface area (Å²) >= 11 is 5.88. The van der Waals surface area contributed by atoms with Gasteiger partial charge in [0, 0.05) is 6.04 Å². The summed E-state index contributed by atoms with van der Waals surface area (Å²) < 4.78 is 30.4. The highest BCUT2D eigenvalue weighted by atomic mass is 35.5. The molecule has 1 aliphatic rings. The molecule has 2 rings (SSSR count). The number of esters is 1. The van der Waals surface area contributed by atoms with E-state index in [9.17, 15) is 18.0 Å². The van der Waals surface area contributed by atoms with Gasteiger partial charge in [0.15, 0.2) is 6.61 Å². The van der Waals surface area contributed by atoms with Crippen LogP contribution in [0.1, 0.15) is 23.2 Å². The van der Waals surface area contributed by atoms with Crippen LogP contribution in [0.5, 0.6) is 0 Å². The molecule has 1 aromatic rings. The van der Waals surface area contributed by atoms with Crippen molar-refractivity contribution in [1.29, 1.82) is 0 Å². The van der Waals surface area contributed by atoms with Crippen LogP contribution in [0.3, 0.4) is 0 Å². The first kappa shape index (κ1) is 16.7. The molecule has 1 amide bonds. The molecule has 0 aromatic heterocycles. The fraction of sp³-hybridized carbons (Fsp3) is 0.385. The maximum atomic E-state index is 11.9. The predicted molar refractivity (Wildman–Crippen MR) is 79.1 cm³/mol. The molecule has 0 atom stereocenters. The Balaban J connectivity index is 2.07. The van der Waals surface area contributed by atoms with Crippen LogP contribution >= 0.6 is 11.6 Å². The van der Waals surface area contributed by atoms with E-state index >= 15 is 0 Å². The van der Waals surface area contributed by atoms with Crippen molar-refractivity contribution in [3.63, 3.8) is 0 Å². The highest BCUT2D eigenvalue weighted by molar-refractivity contribution is 7.89. The fourth-order valence-corrected chi connectivity index (χ4v) is 2.60. The zero-order valence-electron chi connectivity index (χ0n) is 11.8. The molecule has 0 spiro atoms. The van der Waals surface area contributed by atoms with Crippen LogP contribution in [0.4, 0.5) is 0 Å². The fourth-order valence-electron chi connectivity index (χ4n) is 1.65. The Morgan fingerprint density at radius 2 is 2.05 bits per heavy atom. The van der Waals surface area contributed by atoms with Gasteiger partial charge in [-0.2, -0.15) is 0 Å². The quantitative estimate of drug-likeness (QED) is 0.738. The third-order valence-electron chi connectivity index (χ3n) is 3.01. The summed E-state index contributed by atoms with van der Waals surface area (Å²) in [4.78, 5) is 23.3. The average Bonchev–Trinajstić information content (AvgIpc) is 3.29. The highest BCUT2D eigenvalue weighted by Gasteiger charge is 2.24. The molecule has 0 saturated heterocycles. The van der Waals surface area contributed by atoms with E-state index < -0.39 is 28.5 Å². The van der Waals surface area contributed by atoms with Gasteiger partial charge in [0.2, 0.25) is 10.0 Å². The van der Waals surface area contributed by atoms with E-state index in [0.29, 0.717) is 0 Å². The standard InChI is InChI=1S/C13H15ClN2O5S/c1-15-22(19,20)9-4-5-11(14)10(6-9)13(18)21-7-12(17)16-8-2-3-8/h4-6,8,15H,2-3,7H2,1H3,(H,16,17). The molecule has 120 valence electrons. The molecule has 0 unspecified atom stereocenters. The molecular weight excluding hydrogens is 332 g/mol. The van der Waals surface area contributed by atoms with Gasteiger partial charge in [-0.05, 0) is 38.1 Å². The van der Waals surface area contributed by atoms with Crippen molar-refractivity contribution in [1.82, 2.24) is 10.0 Å². The molecule has 1 aromatic carbocycles. The molecule has 22 heavy (non-hydrogen) atoms. The average molecular weight is 347 g/mol. The minimum Gasteiger partial charge on any atom is -0.452 e. The van der Waals surface area contributed by atoms with Gasteiger partial charge in [-0.1, -0.05) is 11.6 Å². The molecular formula is C13H15ClN2O5S. The van der Waals surface area contributed by atoms with Crippen molar-refractivity contribution in [2.45, 2.75) is 23.8 Å². The van der Waals surface area contributed by atoms with E-state index in [-0.39, 0.29) is 21.5 Å². The molecule has 1 saturated carbocycles. The summed E-state index contributed by atoms with van der Waals surface area (Å²) in [5, 5.41) is 2.71. The second-order valence-corrected chi connectivity index (χ2v) is 7.06. The van der Waals surface area contributed by atoms with E-state index in [1.807, 2.05) is 0 Å². The number of carbonyl (C=O) groups is 2. The number of ether oxygens (including phenoxy) is 1. The normalized spacial score (nSPS) is 14.5. The van der Waals surface area contributed by atoms with Gasteiger partial charge in [0.25, 0.3) is 5.91 Å². The maximum absolute atomic E-state index is 11.9. The second kappa shape index (κ2) is 6.64. The van der Waals surface area contributed by atoms with Crippen LogP contribution in [-0.4, -0.2) is 40.0 Å². The lowest BCUT2D eigenvalue weighted by molar-refractivity contribution is -0.124. The van der Waals surface area contributed by atoms with E-state index in [1.165, 1.54) is 19.2 Å². The topological polar surface area (TPSA) is 102 Å². The van der Waals surface area contributed by atoms with Gasteiger partial charge < -0.3 is 10.1 Å². The SMILES string of the molecule is CNS(=O)(=O)c1ccc(Cl)c(C(=O)OCC(=O)NC2CC2)c1. The smallest absolute Gasteiger partial charge is 0.340 e. The van der Waals surface area contributed by atoms with E-state index in [1.54, 1.807) is 0 Å². The number of halogens is 1. The number of hydrogen-bond donors (Lipinski definition) is 2. The van der Waals surface area contributed by atoms with Crippen LogP contribution in [0.25, 0.3) is 0 Å². The van der Waals surface area contributed by atoms with Crippen LogP contribution in [0.2, 0.25) is 5.02 Å². The van der Waals surface area contributed by atoms with Gasteiger partial charge in [-0.3, -0.25) is 4.79 Å². The van der Waals surface area contributed by atoms with Crippen molar-refractivity contribution in [3.05, 3.63) is 28.8 Å². The number of nitrogens with one attached hydrogen (secondary N) is 2. The molecule has 0 bridgehead atoms. The Labute approximate surface area is 133 Å². The minimum absolute atomic E-state index is 0.0441. The predicted octanol–water partition coefficient (Wildman–Crippen LogP) is 0.683. The molecule has 1 aliphatic carbocycles. The Morgan fingerprint density at radius 3 is 2.64 bits per heavy atom. The number of rotatable bonds is 6. The van der Waals surface area contributed by atoms with Crippen LogP contribution in [0.15, 0.2) is 23.1 Å². The number of hydrogen-bond acceptors (Lipinski definition) is 5. The van der Waals surface area contributed by atoms with Crippen molar-refractivity contribution in [3.8, 4) is 0 Å². The third-order valence-corrected chi connectivity index (χ3v) is 4.76. The zero-order chi connectivity index (χ0) is 16.3. The van der Waals surface area contributed by atoms with Crippen molar-refractivity contribution in [2.75, 3.05) is 13.7 Å². The second-order valence-electron chi connectivity index (χ2n) is 4.77. The van der Waals surface area contributed by atoms with Crippen molar-refractivity contribution >= 4 is 33.5 Å². The Bertz CT molecular complexity index is 700. The molecule has 1 fully saturated rings. The number of amides is 1. The van der Waals surface area contributed by atoms with Gasteiger partial charge in [0.1, 0.15) is 0 Å². The molecule has 0 radical (unpaired) electrons. The van der Waals surface area contributed by atoms with Crippen LogP contribution in [-0.2, 0) is 19.6 Å². The zero-order valence-corrected chi connectivity index (χ0v) is 13.3. The molecule has 7 nitrogen and oxygen atoms in total. The first-order chi connectivity index (χ1) is 10.3. The Kier molecular flexibility index (Phi) is 5.05. The van der Waals surface area contributed by atoms with Gasteiger partial charge in [0.05, 0.1) is 15.5 Å². The van der Waals surface area contributed by atoms with Crippen LogP contribution < -0.4 is 10.0 Å². The Morgan fingerprint density at radius 1 is 1.36 bits per heavy atom. The third kappa shape index (κ3) is 4.19. The maximum Gasteiger partial charge on any atom is 0.340 e. The molecule has 0 aliphatic heterocycles. The molecule has 2 N–H and O–H groups in total. The van der Waals surface area contributed by atoms with E-state index in [4.69, 9.17) is 16.3 Å². The summed E-state index contributed by atoms with van der Waals surface area (Å²) in [5.41, 5.74) is -0.114. The number of benzene rings is 1. The first-order valence-corrected chi connectivity index (χ1v) is 8.39. The number of sulfonamides is 1. The lowest BCUT2D eigenvalue weighted by Gasteiger charge is -2.09. The number of carbonyl (C=O) groups excluding carboxylic acids is 2. The van der Waals surface area contributed by atoms with Crippen LogP contribution in [0, 0.1) is 0 Å². The minimum atomic E-state index is -3.71. The van der Waals surface area contributed by atoms with E-state index in [0.717, 1.165) is 18.9 Å². The highest BCUT2D eigenvalue weighted by Crippen LogP contribution is 2.21. The summed E-state index contributed by atoms with van der Waals surface area (Å²) in [6.07, 6.45) is 1.85. The monoisotopic (exact) mass is 346 g/mol. The van der Waals surface area contributed by atoms with Crippen molar-refractivity contribution in [2.24, 2.45) is 0 Å². The summed E-state index contributed by atoms with van der Waals surface area (Å²) in [5.74, 6) is -1.25. The lowest BCUT2D eigenvalue weighted by Crippen LogP contribution is -2.30.